The van der Waals surface area contributed by atoms with Crippen LogP contribution in [0.4, 0.5) is 5.69 Å². The summed E-state index contributed by atoms with van der Waals surface area (Å²) in [6.07, 6.45) is 0.612. The maximum atomic E-state index is 12.1. The average Bonchev–Trinajstić information content (AvgIpc) is 2.26. The first-order valence-corrected chi connectivity index (χ1v) is 8.77. The van der Waals surface area contributed by atoms with Crippen molar-refractivity contribution in [3.05, 3.63) is 21.1 Å². The molecule has 19 heavy (non-hydrogen) atoms. The van der Waals surface area contributed by atoms with E-state index in [0.717, 1.165) is 0 Å². The molecule has 1 aromatic rings. The van der Waals surface area contributed by atoms with Crippen LogP contribution in [-0.4, -0.2) is 28.2 Å². The number of hydrogen-bond donors (Lipinski definition) is 2. The minimum absolute atomic E-state index is 0.0621. The monoisotopic (exact) mass is 414 g/mol. The van der Waals surface area contributed by atoms with Gasteiger partial charge in [0.05, 0.1) is 5.69 Å². The molecular weight excluding hydrogens is 400 g/mol. The minimum Gasteiger partial charge on any atom is -0.398 e. The molecule has 0 aliphatic heterocycles. The van der Waals surface area contributed by atoms with E-state index in [2.05, 4.69) is 36.6 Å². The minimum atomic E-state index is -3.62. The van der Waals surface area contributed by atoms with E-state index in [0.29, 0.717) is 35.1 Å². The Labute approximate surface area is 130 Å². The molecule has 0 radical (unpaired) electrons. The van der Waals surface area contributed by atoms with Gasteiger partial charge in [0.15, 0.2) is 0 Å². The smallest absolute Gasteiger partial charge is 0.243 e. The standard InChI is InChI=1S/C11H16Br2N2O3S/c1-2-18-5-3-4-15-19(16,17)11-9(13)6-8(12)7-10(11)14/h6-7,15H,2-5,14H2,1H3. The van der Waals surface area contributed by atoms with Gasteiger partial charge in [-0.1, -0.05) is 15.9 Å². The number of ether oxygens (including phenoxy) is 1. The Bertz CT molecular complexity index is 512. The molecule has 0 spiro atoms. The van der Waals surface area contributed by atoms with E-state index in [1.54, 1.807) is 12.1 Å². The van der Waals surface area contributed by atoms with Crippen LogP contribution in [0.5, 0.6) is 0 Å². The van der Waals surface area contributed by atoms with Gasteiger partial charge in [0.1, 0.15) is 4.90 Å². The summed E-state index contributed by atoms with van der Waals surface area (Å²) < 4.78 is 33.1. The molecule has 0 amide bonds. The van der Waals surface area contributed by atoms with E-state index in [9.17, 15) is 8.42 Å². The fourth-order valence-electron chi connectivity index (χ4n) is 1.46. The van der Waals surface area contributed by atoms with Crippen LogP contribution in [-0.2, 0) is 14.8 Å². The number of nitrogen functional groups attached to an aromatic ring is 1. The van der Waals surface area contributed by atoms with Crippen molar-refractivity contribution in [2.75, 3.05) is 25.5 Å². The SMILES string of the molecule is CCOCCCNS(=O)(=O)c1c(N)cc(Br)cc1Br. The lowest BCUT2D eigenvalue weighted by Gasteiger charge is -2.11. The van der Waals surface area contributed by atoms with Crippen LogP contribution in [0.25, 0.3) is 0 Å². The van der Waals surface area contributed by atoms with Crippen molar-refractivity contribution in [3.63, 3.8) is 0 Å². The van der Waals surface area contributed by atoms with Gasteiger partial charge in [-0.25, -0.2) is 13.1 Å². The molecule has 0 unspecified atom stereocenters. The molecule has 0 saturated heterocycles. The van der Waals surface area contributed by atoms with Gasteiger partial charge in [-0.2, -0.15) is 0 Å². The molecule has 0 saturated carbocycles. The molecule has 108 valence electrons. The second kappa shape index (κ2) is 7.58. The van der Waals surface area contributed by atoms with Gasteiger partial charge >= 0.3 is 0 Å². The molecule has 3 N–H and O–H groups in total. The Kier molecular flexibility index (Phi) is 6.75. The van der Waals surface area contributed by atoms with E-state index >= 15 is 0 Å². The number of benzene rings is 1. The van der Waals surface area contributed by atoms with Gasteiger partial charge in [0.2, 0.25) is 10.0 Å². The number of sulfonamides is 1. The molecule has 0 aliphatic carbocycles. The summed E-state index contributed by atoms with van der Waals surface area (Å²) in [5, 5.41) is 0. The fourth-order valence-corrected chi connectivity index (χ4v) is 4.60. The third-order valence-electron chi connectivity index (χ3n) is 2.27. The van der Waals surface area contributed by atoms with Gasteiger partial charge in [-0.15, -0.1) is 0 Å². The van der Waals surface area contributed by atoms with Crippen LogP contribution >= 0.6 is 31.9 Å². The summed E-state index contributed by atoms with van der Waals surface area (Å²) in [6.45, 7) is 3.35. The third kappa shape index (κ3) is 5.03. The number of rotatable bonds is 7. The van der Waals surface area contributed by atoms with Gasteiger partial charge in [-0.05, 0) is 41.4 Å². The number of nitrogens with one attached hydrogen (secondary N) is 1. The maximum Gasteiger partial charge on any atom is 0.243 e. The third-order valence-corrected chi connectivity index (χ3v) is 5.19. The number of anilines is 1. The molecular formula is C11H16Br2N2O3S. The highest BCUT2D eigenvalue weighted by molar-refractivity contribution is 9.11. The Morgan fingerprint density at radius 1 is 1.37 bits per heavy atom. The van der Waals surface area contributed by atoms with Crippen molar-refractivity contribution < 1.29 is 13.2 Å². The first-order chi connectivity index (χ1) is 8.88. The summed E-state index contributed by atoms with van der Waals surface area (Å²) >= 11 is 6.47. The van der Waals surface area contributed by atoms with E-state index in [1.165, 1.54) is 0 Å². The van der Waals surface area contributed by atoms with Crippen molar-refractivity contribution >= 4 is 47.6 Å². The van der Waals surface area contributed by atoms with Crippen LogP contribution in [0.15, 0.2) is 26.0 Å². The molecule has 1 rings (SSSR count). The summed E-state index contributed by atoms with van der Waals surface area (Å²) in [4.78, 5) is 0.0621. The predicted octanol–water partition coefficient (Wildman–Crippen LogP) is 2.50. The summed E-state index contributed by atoms with van der Waals surface area (Å²) in [5.41, 5.74) is 5.95. The summed E-state index contributed by atoms with van der Waals surface area (Å²) in [6, 6.07) is 3.20. The highest BCUT2D eigenvalue weighted by atomic mass is 79.9. The lowest BCUT2D eigenvalue weighted by Crippen LogP contribution is -2.26. The van der Waals surface area contributed by atoms with E-state index in [1.807, 2.05) is 6.92 Å². The fraction of sp³-hybridized carbons (Fsp3) is 0.455. The first kappa shape index (κ1) is 16.9. The molecule has 0 bridgehead atoms. The van der Waals surface area contributed by atoms with Crippen molar-refractivity contribution in [3.8, 4) is 0 Å². The Morgan fingerprint density at radius 3 is 2.63 bits per heavy atom. The molecule has 0 aliphatic rings. The topological polar surface area (TPSA) is 81.4 Å². The van der Waals surface area contributed by atoms with Gasteiger partial charge < -0.3 is 10.5 Å². The molecule has 5 nitrogen and oxygen atoms in total. The average molecular weight is 416 g/mol. The van der Waals surface area contributed by atoms with Crippen LogP contribution in [0, 0.1) is 0 Å². The molecule has 0 heterocycles. The van der Waals surface area contributed by atoms with E-state index in [4.69, 9.17) is 10.5 Å². The van der Waals surface area contributed by atoms with Gasteiger partial charge in [0.25, 0.3) is 0 Å². The zero-order valence-electron chi connectivity index (χ0n) is 10.4. The van der Waals surface area contributed by atoms with E-state index < -0.39 is 10.0 Å². The molecule has 0 aromatic heterocycles. The highest BCUT2D eigenvalue weighted by Gasteiger charge is 2.20. The second-order valence-corrected chi connectivity index (χ2v) is 7.23. The van der Waals surface area contributed by atoms with Gasteiger partial charge in [-0.3, -0.25) is 0 Å². The predicted molar refractivity (Wildman–Crippen MR) is 82.6 cm³/mol. The quantitative estimate of drug-likeness (QED) is 0.529. The normalized spacial score (nSPS) is 11.7. The van der Waals surface area contributed by atoms with Crippen molar-refractivity contribution in [1.82, 2.24) is 4.72 Å². The maximum absolute atomic E-state index is 12.1. The molecule has 1 aromatic carbocycles. The lowest BCUT2D eigenvalue weighted by atomic mass is 10.3. The molecule has 0 fully saturated rings. The van der Waals surface area contributed by atoms with Crippen molar-refractivity contribution in [1.29, 1.82) is 0 Å². The molecule has 8 heteroatoms. The number of hydrogen-bond acceptors (Lipinski definition) is 4. The van der Waals surface area contributed by atoms with Crippen molar-refractivity contribution in [2.24, 2.45) is 0 Å². The van der Waals surface area contributed by atoms with Crippen LogP contribution < -0.4 is 10.5 Å². The van der Waals surface area contributed by atoms with Crippen molar-refractivity contribution in [2.45, 2.75) is 18.2 Å². The first-order valence-electron chi connectivity index (χ1n) is 5.70. The zero-order valence-corrected chi connectivity index (χ0v) is 14.4. The van der Waals surface area contributed by atoms with E-state index in [-0.39, 0.29) is 10.6 Å². The lowest BCUT2D eigenvalue weighted by molar-refractivity contribution is 0.146. The molecule has 0 atom stereocenters. The highest BCUT2D eigenvalue weighted by Crippen LogP contribution is 2.31. The van der Waals surface area contributed by atoms with Gasteiger partial charge in [0, 0.05) is 28.7 Å². The Morgan fingerprint density at radius 2 is 2.05 bits per heavy atom. The second-order valence-electron chi connectivity index (χ2n) is 3.75. The summed E-state index contributed by atoms with van der Waals surface area (Å²) in [7, 11) is -3.62. The summed E-state index contributed by atoms with van der Waals surface area (Å²) in [5.74, 6) is 0. The zero-order chi connectivity index (χ0) is 14.5. The largest absolute Gasteiger partial charge is 0.398 e. The van der Waals surface area contributed by atoms with Crippen LogP contribution in [0.2, 0.25) is 0 Å². The number of nitrogens with two attached hydrogens (primary N) is 1. The Balaban J connectivity index is 2.78. The number of halogens is 2. The van der Waals surface area contributed by atoms with Crippen LogP contribution in [0.3, 0.4) is 0 Å². The Hall–Kier alpha value is -0.150. The van der Waals surface area contributed by atoms with Crippen LogP contribution in [0.1, 0.15) is 13.3 Å².